The highest BCUT2D eigenvalue weighted by Crippen LogP contribution is 2.24. The number of carbonyl (C=O) groups is 2. The minimum Gasteiger partial charge on any atom is -0.481 e. The van der Waals surface area contributed by atoms with Crippen molar-refractivity contribution in [2.75, 3.05) is 13.1 Å². The zero-order valence-electron chi connectivity index (χ0n) is 11.2. The molecule has 6 heteroatoms. The summed E-state index contributed by atoms with van der Waals surface area (Å²) < 4.78 is 0. The summed E-state index contributed by atoms with van der Waals surface area (Å²) in [5, 5.41) is 21.4. The monoisotopic (exact) mass is 270 g/mol. The van der Waals surface area contributed by atoms with Crippen LogP contribution in [0.15, 0.2) is 0 Å². The van der Waals surface area contributed by atoms with Gasteiger partial charge in [-0.05, 0) is 31.6 Å². The standard InChI is InChI=1S/C13H22N2O4/c1-8-6-15(7-11(8)12(17)18)13(19)14-9-2-4-10(16)5-3-9/h8-11,16H,2-7H2,1H3,(H,14,19)(H,17,18). The van der Waals surface area contributed by atoms with Crippen molar-refractivity contribution in [3.05, 3.63) is 0 Å². The molecule has 1 aliphatic heterocycles. The third kappa shape index (κ3) is 3.37. The summed E-state index contributed by atoms with van der Waals surface area (Å²) in [6.45, 7) is 2.65. The van der Waals surface area contributed by atoms with Gasteiger partial charge in [-0.15, -0.1) is 0 Å². The van der Waals surface area contributed by atoms with Gasteiger partial charge in [0.2, 0.25) is 0 Å². The van der Waals surface area contributed by atoms with Crippen molar-refractivity contribution < 1.29 is 19.8 Å². The molecule has 1 saturated carbocycles. The Morgan fingerprint density at radius 1 is 1.16 bits per heavy atom. The van der Waals surface area contributed by atoms with Crippen molar-refractivity contribution in [2.24, 2.45) is 11.8 Å². The molecule has 6 nitrogen and oxygen atoms in total. The Bertz CT molecular complexity index is 353. The number of nitrogens with one attached hydrogen (secondary N) is 1. The Hall–Kier alpha value is -1.30. The number of aliphatic carboxylic acids is 1. The molecule has 2 rings (SSSR count). The number of hydrogen-bond acceptors (Lipinski definition) is 3. The van der Waals surface area contributed by atoms with Crippen molar-refractivity contribution >= 4 is 12.0 Å². The highest BCUT2D eigenvalue weighted by atomic mass is 16.4. The Kier molecular flexibility index (Phi) is 4.29. The van der Waals surface area contributed by atoms with E-state index in [1.54, 1.807) is 4.90 Å². The molecule has 2 amide bonds. The molecule has 0 aromatic carbocycles. The lowest BCUT2D eigenvalue weighted by atomic mass is 9.93. The van der Waals surface area contributed by atoms with E-state index in [4.69, 9.17) is 5.11 Å². The molecule has 3 N–H and O–H groups in total. The van der Waals surface area contributed by atoms with Crippen molar-refractivity contribution in [3.63, 3.8) is 0 Å². The normalized spacial score (nSPS) is 35.2. The van der Waals surface area contributed by atoms with Crippen LogP contribution >= 0.6 is 0 Å². The van der Waals surface area contributed by atoms with Crippen molar-refractivity contribution in [2.45, 2.75) is 44.8 Å². The van der Waals surface area contributed by atoms with E-state index in [-0.39, 0.29) is 30.6 Å². The van der Waals surface area contributed by atoms with E-state index in [2.05, 4.69) is 5.32 Å². The fourth-order valence-corrected chi connectivity index (χ4v) is 2.94. The second-order valence-corrected chi connectivity index (χ2v) is 5.78. The van der Waals surface area contributed by atoms with Crippen molar-refractivity contribution in [3.8, 4) is 0 Å². The molecule has 108 valence electrons. The van der Waals surface area contributed by atoms with Gasteiger partial charge in [0.1, 0.15) is 0 Å². The maximum atomic E-state index is 12.1. The van der Waals surface area contributed by atoms with Crippen LogP contribution in [0.4, 0.5) is 4.79 Å². The van der Waals surface area contributed by atoms with E-state index in [1.165, 1.54) is 0 Å². The summed E-state index contributed by atoms with van der Waals surface area (Å²) in [6.07, 6.45) is 2.78. The molecule has 0 aromatic rings. The summed E-state index contributed by atoms with van der Waals surface area (Å²) in [6, 6.07) is -0.0629. The van der Waals surface area contributed by atoms with E-state index < -0.39 is 11.9 Å². The average Bonchev–Trinajstić information content (AvgIpc) is 2.74. The minimum atomic E-state index is -0.830. The summed E-state index contributed by atoms with van der Waals surface area (Å²) in [7, 11) is 0. The fourth-order valence-electron chi connectivity index (χ4n) is 2.94. The highest BCUT2D eigenvalue weighted by Gasteiger charge is 2.37. The number of rotatable bonds is 2. The van der Waals surface area contributed by atoms with Gasteiger partial charge < -0.3 is 20.4 Å². The Labute approximate surface area is 112 Å². The van der Waals surface area contributed by atoms with Gasteiger partial charge in [-0.3, -0.25) is 4.79 Å². The number of aliphatic hydroxyl groups excluding tert-OH is 1. The summed E-state index contributed by atoms with van der Waals surface area (Å²) >= 11 is 0. The maximum absolute atomic E-state index is 12.1. The number of amides is 2. The van der Waals surface area contributed by atoms with Gasteiger partial charge in [-0.25, -0.2) is 4.79 Å². The molecule has 2 fully saturated rings. The third-order valence-corrected chi connectivity index (χ3v) is 4.24. The largest absolute Gasteiger partial charge is 0.481 e. The summed E-state index contributed by atoms with van der Waals surface area (Å²) in [4.78, 5) is 24.7. The molecule has 1 heterocycles. The minimum absolute atomic E-state index is 0.00331. The number of hydrogen-bond donors (Lipinski definition) is 3. The van der Waals surface area contributed by atoms with Gasteiger partial charge in [0.15, 0.2) is 0 Å². The number of carbonyl (C=O) groups excluding carboxylic acids is 1. The number of aliphatic hydroxyl groups is 1. The first-order valence-corrected chi connectivity index (χ1v) is 6.93. The first-order chi connectivity index (χ1) is 8.97. The van der Waals surface area contributed by atoms with Crippen molar-refractivity contribution in [1.82, 2.24) is 10.2 Å². The fraction of sp³-hybridized carbons (Fsp3) is 0.846. The highest BCUT2D eigenvalue weighted by molar-refractivity contribution is 5.77. The van der Waals surface area contributed by atoms with Gasteiger partial charge in [0.25, 0.3) is 0 Å². The van der Waals surface area contributed by atoms with Crippen LogP contribution in [0.5, 0.6) is 0 Å². The molecular formula is C13H22N2O4. The average molecular weight is 270 g/mol. The number of carboxylic acid groups (broad SMARTS) is 1. The summed E-state index contributed by atoms with van der Waals surface area (Å²) in [5.74, 6) is -1.29. The van der Waals surface area contributed by atoms with E-state index in [0.29, 0.717) is 6.54 Å². The van der Waals surface area contributed by atoms with Crippen molar-refractivity contribution in [1.29, 1.82) is 0 Å². The van der Waals surface area contributed by atoms with Crippen LogP contribution in [0.25, 0.3) is 0 Å². The lowest BCUT2D eigenvalue weighted by Gasteiger charge is -2.28. The second-order valence-electron chi connectivity index (χ2n) is 5.78. The van der Waals surface area contributed by atoms with Crippen LogP contribution in [-0.4, -0.2) is 52.3 Å². The molecule has 0 bridgehead atoms. The molecule has 2 unspecified atom stereocenters. The molecule has 1 aliphatic carbocycles. The molecule has 2 aliphatic rings. The van der Waals surface area contributed by atoms with E-state index >= 15 is 0 Å². The van der Waals surface area contributed by atoms with E-state index in [9.17, 15) is 14.7 Å². The molecule has 0 radical (unpaired) electrons. The van der Waals surface area contributed by atoms with E-state index in [0.717, 1.165) is 25.7 Å². The molecule has 0 aromatic heterocycles. The Morgan fingerprint density at radius 3 is 2.32 bits per heavy atom. The second kappa shape index (κ2) is 5.77. The predicted molar refractivity (Wildman–Crippen MR) is 68.7 cm³/mol. The maximum Gasteiger partial charge on any atom is 0.317 e. The van der Waals surface area contributed by atoms with Crippen LogP contribution in [0, 0.1) is 11.8 Å². The van der Waals surface area contributed by atoms with Crippen LogP contribution in [0.1, 0.15) is 32.6 Å². The molecule has 1 saturated heterocycles. The quantitative estimate of drug-likeness (QED) is 0.687. The zero-order chi connectivity index (χ0) is 14.0. The number of urea groups is 1. The SMILES string of the molecule is CC1CN(C(=O)NC2CCC(O)CC2)CC1C(=O)O. The zero-order valence-corrected chi connectivity index (χ0v) is 11.2. The summed E-state index contributed by atoms with van der Waals surface area (Å²) in [5.41, 5.74) is 0. The third-order valence-electron chi connectivity index (χ3n) is 4.24. The number of carboxylic acids is 1. The van der Waals surface area contributed by atoms with Gasteiger partial charge in [-0.2, -0.15) is 0 Å². The lowest BCUT2D eigenvalue weighted by molar-refractivity contribution is -0.142. The Morgan fingerprint density at radius 2 is 1.79 bits per heavy atom. The number of nitrogens with zero attached hydrogens (tertiary/aromatic N) is 1. The van der Waals surface area contributed by atoms with E-state index in [1.807, 2.05) is 6.92 Å². The topological polar surface area (TPSA) is 89.9 Å². The van der Waals surface area contributed by atoms with Crippen LogP contribution in [-0.2, 0) is 4.79 Å². The first kappa shape index (κ1) is 14.1. The molecule has 0 spiro atoms. The van der Waals surface area contributed by atoms with Gasteiger partial charge in [-0.1, -0.05) is 6.92 Å². The van der Waals surface area contributed by atoms with Crippen LogP contribution < -0.4 is 5.32 Å². The smallest absolute Gasteiger partial charge is 0.317 e. The van der Waals surface area contributed by atoms with Crippen LogP contribution in [0.3, 0.4) is 0 Å². The predicted octanol–water partition coefficient (Wildman–Crippen LogP) is 0.652. The van der Waals surface area contributed by atoms with Crippen LogP contribution in [0.2, 0.25) is 0 Å². The number of likely N-dealkylation sites (tertiary alicyclic amines) is 1. The van der Waals surface area contributed by atoms with Gasteiger partial charge in [0, 0.05) is 19.1 Å². The molecule has 19 heavy (non-hydrogen) atoms. The lowest BCUT2D eigenvalue weighted by Crippen LogP contribution is -2.45. The molecule has 2 atom stereocenters. The molecular weight excluding hydrogens is 248 g/mol. The Balaban J connectivity index is 1.82. The van der Waals surface area contributed by atoms with Gasteiger partial charge >= 0.3 is 12.0 Å². The first-order valence-electron chi connectivity index (χ1n) is 6.93. The van der Waals surface area contributed by atoms with Gasteiger partial charge in [0.05, 0.1) is 12.0 Å².